The van der Waals surface area contributed by atoms with E-state index in [0.29, 0.717) is 11.6 Å². The largest absolute Gasteiger partial charge is 0.324 e. The first-order chi connectivity index (χ1) is 11.9. The van der Waals surface area contributed by atoms with Crippen LogP contribution in [-0.4, -0.2) is 41.1 Å². The van der Waals surface area contributed by atoms with E-state index < -0.39 is 9.84 Å². The van der Waals surface area contributed by atoms with Crippen LogP contribution in [0.4, 0.5) is 5.69 Å². The van der Waals surface area contributed by atoms with Gasteiger partial charge in [-0.3, -0.25) is 4.79 Å². The van der Waals surface area contributed by atoms with E-state index in [1.165, 1.54) is 17.8 Å². The Morgan fingerprint density at radius 2 is 2.04 bits per heavy atom. The van der Waals surface area contributed by atoms with Crippen LogP contribution in [0.1, 0.15) is 31.5 Å². The Bertz CT molecular complexity index is 889. The summed E-state index contributed by atoms with van der Waals surface area (Å²) in [5.41, 5.74) is 0.297. The number of anilines is 1. The zero-order valence-electron chi connectivity index (χ0n) is 14.1. The number of aromatic nitrogens is 3. The summed E-state index contributed by atoms with van der Waals surface area (Å²) in [7, 11) is -3.40. The van der Waals surface area contributed by atoms with Gasteiger partial charge in [-0.2, -0.15) is 0 Å². The van der Waals surface area contributed by atoms with Crippen molar-refractivity contribution in [3.63, 3.8) is 0 Å². The van der Waals surface area contributed by atoms with E-state index in [-0.39, 0.29) is 16.6 Å². The molecule has 0 atom stereocenters. The number of para-hydroxylation sites is 1. The molecule has 25 heavy (non-hydrogen) atoms. The molecule has 1 aromatic heterocycles. The topological polar surface area (TPSA) is 94.0 Å². The third-order valence-electron chi connectivity index (χ3n) is 3.90. The quantitative estimate of drug-likeness (QED) is 0.741. The maximum Gasteiger partial charge on any atom is 0.234 e. The van der Waals surface area contributed by atoms with E-state index in [1.807, 2.05) is 11.5 Å². The highest BCUT2D eigenvalue weighted by molar-refractivity contribution is 7.99. The van der Waals surface area contributed by atoms with Gasteiger partial charge in [-0.05, 0) is 31.9 Å². The van der Waals surface area contributed by atoms with Gasteiger partial charge in [-0.1, -0.05) is 23.9 Å². The number of benzene rings is 1. The summed E-state index contributed by atoms with van der Waals surface area (Å²) in [6.07, 6.45) is 3.41. The molecule has 1 aliphatic rings. The summed E-state index contributed by atoms with van der Waals surface area (Å²) < 4.78 is 25.6. The second-order valence-corrected chi connectivity index (χ2v) is 8.89. The number of rotatable bonds is 7. The van der Waals surface area contributed by atoms with Gasteiger partial charge < -0.3 is 9.88 Å². The Balaban J connectivity index is 1.67. The van der Waals surface area contributed by atoms with Gasteiger partial charge in [0.15, 0.2) is 15.0 Å². The predicted molar refractivity (Wildman–Crippen MR) is 96.6 cm³/mol. The van der Waals surface area contributed by atoms with Crippen LogP contribution in [-0.2, 0) is 21.2 Å². The van der Waals surface area contributed by atoms with Gasteiger partial charge in [0, 0.05) is 18.7 Å². The third-order valence-corrected chi connectivity index (χ3v) is 6.02. The molecule has 1 N–H and O–H groups in total. The molecule has 0 saturated heterocycles. The maximum absolute atomic E-state index is 12.2. The lowest BCUT2D eigenvalue weighted by atomic mass is 10.3. The molecule has 0 aliphatic heterocycles. The average molecular weight is 380 g/mol. The molecule has 1 amide bonds. The first-order valence-electron chi connectivity index (χ1n) is 8.05. The molecule has 3 rings (SSSR count). The molecular weight excluding hydrogens is 360 g/mol. The van der Waals surface area contributed by atoms with Crippen molar-refractivity contribution >= 4 is 33.2 Å². The molecule has 134 valence electrons. The van der Waals surface area contributed by atoms with E-state index in [1.54, 1.807) is 18.2 Å². The molecule has 7 nitrogen and oxygen atoms in total. The number of sulfone groups is 1. The van der Waals surface area contributed by atoms with Crippen LogP contribution < -0.4 is 5.32 Å². The monoisotopic (exact) mass is 380 g/mol. The number of nitrogens with one attached hydrogen (secondary N) is 1. The molecule has 1 aromatic carbocycles. The fourth-order valence-electron chi connectivity index (χ4n) is 2.56. The summed E-state index contributed by atoms with van der Waals surface area (Å²) in [5.74, 6) is 1.35. The van der Waals surface area contributed by atoms with E-state index >= 15 is 0 Å². The van der Waals surface area contributed by atoms with Crippen molar-refractivity contribution < 1.29 is 13.2 Å². The summed E-state index contributed by atoms with van der Waals surface area (Å²) in [5, 5.41) is 11.8. The molecule has 1 heterocycles. The fraction of sp³-hybridized carbons (Fsp3) is 0.438. The number of carbonyl (C=O) groups is 1. The number of amides is 1. The SMILES string of the molecule is CCn1c(SCC(=O)Nc2ccccc2S(C)(=O)=O)nnc1C1CC1. The number of carbonyl (C=O) groups excluding carboxylic acids is 1. The summed E-state index contributed by atoms with van der Waals surface area (Å²) in [6.45, 7) is 2.79. The molecular formula is C16H20N4O3S2. The van der Waals surface area contributed by atoms with Crippen LogP contribution in [0.3, 0.4) is 0 Å². The summed E-state index contributed by atoms with van der Waals surface area (Å²) >= 11 is 1.31. The predicted octanol–water partition coefficient (Wildman–Crippen LogP) is 2.31. The van der Waals surface area contributed by atoms with E-state index in [2.05, 4.69) is 15.5 Å². The number of nitrogens with zero attached hydrogens (tertiary/aromatic N) is 3. The van der Waals surface area contributed by atoms with Crippen LogP contribution in [0.25, 0.3) is 0 Å². The average Bonchev–Trinajstić information content (AvgIpc) is 3.32. The summed E-state index contributed by atoms with van der Waals surface area (Å²) in [4.78, 5) is 12.3. The minimum atomic E-state index is -3.40. The zero-order valence-corrected chi connectivity index (χ0v) is 15.7. The van der Waals surface area contributed by atoms with Crippen LogP contribution in [0.15, 0.2) is 34.3 Å². The first-order valence-corrected chi connectivity index (χ1v) is 10.9. The third kappa shape index (κ3) is 4.21. The van der Waals surface area contributed by atoms with Gasteiger partial charge in [0.2, 0.25) is 5.91 Å². The lowest BCUT2D eigenvalue weighted by molar-refractivity contribution is -0.113. The molecule has 0 bridgehead atoms. The highest BCUT2D eigenvalue weighted by atomic mass is 32.2. The van der Waals surface area contributed by atoms with Gasteiger partial charge in [0.25, 0.3) is 0 Å². The molecule has 1 aliphatic carbocycles. The first kappa shape index (κ1) is 17.9. The van der Waals surface area contributed by atoms with Gasteiger partial charge in [0.1, 0.15) is 5.82 Å². The Morgan fingerprint density at radius 1 is 1.32 bits per heavy atom. The van der Waals surface area contributed by atoms with E-state index in [9.17, 15) is 13.2 Å². The standard InChI is InChI=1S/C16H20N4O3S2/c1-3-20-15(11-8-9-11)18-19-16(20)24-10-14(21)17-12-6-4-5-7-13(12)25(2,22)23/h4-7,11H,3,8-10H2,1-2H3,(H,17,21). The Kier molecular flexibility index (Phi) is 5.14. The van der Waals surface area contributed by atoms with Gasteiger partial charge in [-0.15, -0.1) is 10.2 Å². The van der Waals surface area contributed by atoms with Crippen LogP contribution in [0, 0.1) is 0 Å². The van der Waals surface area contributed by atoms with Gasteiger partial charge in [-0.25, -0.2) is 8.42 Å². The molecule has 1 fully saturated rings. The molecule has 2 aromatic rings. The van der Waals surface area contributed by atoms with Crippen molar-refractivity contribution in [2.24, 2.45) is 0 Å². The minimum Gasteiger partial charge on any atom is -0.324 e. The van der Waals surface area contributed by atoms with Crippen molar-refractivity contribution in [3.8, 4) is 0 Å². The van der Waals surface area contributed by atoms with Crippen molar-refractivity contribution in [2.45, 2.75) is 42.3 Å². The molecule has 0 unspecified atom stereocenters. The lowest BCUT2D eigenvalue weighted by Gasteiger charge is -2.10. The summed E-state index contributed by atoms with van der Waals surface area (Å²) in [6, 6.07) is 6.38. The van der Waals surface area contributed by atoms with Crippen LogP contribution >= 0.6 is 11.8 Å². The Hall–Kier alpha value is -1.87. The maximum atomic E-state index is 12.2. The number of hydrogen-bond acceptors (Lipinski definition) is 6. The fourth-order valence-corrected chi connectivity index (χ4v) is 4.21. The Morgan fingerprint density at radius 3 is 2.68 bits per heavy atom. The molecule has 0 radical (unpaired) electrons. The van der Waals surface area contributed by atoms with Crippen molar-refractivity contribution in [1.82, 2.24) is 14.8 Å². The molecule has 0 spiro atoms. The molecule has 9 heteroatoms. The number of thioether (sulfide) groups is 1. The van der Waals surface area contributed by atoms with E-state index in [0.717, 1.165) is 36.6 Å². The van der Waals surface area contributed by atoms with Crippen molar-refractivity contribution in [1.29, 1.82) is 0 Å². The zero-order chi connectivity index (χ0) is 18.0. The van der Waals surface area contributed by atoms with E-state index in [4.69, 9.17) is 0 Å². The lowest BCUT2D eigenvalue weighted by Crippen LogP contribution is -2.16. The normalized spacial score (nSPS) is 14.5. The molecule has 1 saturated carbocycles. The van der Waals surface area contributed by atoms with Crippen LogP contribution in [0.5, 0.6) is 0 Å². The minimum absolute atomic E-state index is 0.112. The van der Waals surface area contributed by atoms with Gasteiger partial charge in [0.05, 0.1) is 16.3 Å². The van der Waals surface area contributed by atoms with Crippen molar-refractivity contribution in [3.05, 3.63) is 30.1 Å². The smallest absolute Gasteiger partial charge is 0.234 e. The number of hydrogen-bond donors (Lipinski definition) is 1. The highest BCUT2D eigenvalue weighted by Crippen LogP contribution is 2.40. The second-order valence-electron chi connectivity index (χ2n) is 5.96. The highest BCUT2D eigenvalue weighted by Gasteiger charge is 2.30. The van der Waals surface area contributed by atoms with Crippen LogP contribution in [0.2, 0.25) is 0 Å². The van der Waals surface area contributed by atoms with Gasteiger partial charge >= 0.3 is 0 Å². The second kappa shape index (κ2) is 7.17. The Labute approximate surface area is 151 Å². The van der Waals surface area contributed by atoms with Crippen molar-refractivity contribution in [2.75, 3.05) is 17.3 Å².